The van der Waals surface area contributed by atoms with Crippen LogP contribution in [0.25, 0.3) is 11.3 Å². The Morgan fingerprint density at radius 3 is 2.39 bits per heavy atom. The maximum Gasteiger partial charge on any atom is 0.407 e. The van der Waals surface area contributed by atoms with Gasteiger partial charge in [-0.3, -0.25) is 4.79 Å². The van der Waals surface area contributed by atoms with Gasteiger partial charge in [-0.2, -0.15) is 0 Å². The molecular weight excluding hydrogens is 417 g/mol. The number of benzene rings is 2. The van der Waals surface area contributed by atoms with E-state index in [4.69, 9.17) is 7.85 Å². The Morgan fingerprint density at radius 2 is 1.76 bits per heavy atom. The molecule has 2 atom stereocenters. The maximum atomic E-state index is 13.1. The first-order valence-electron chi connectivity index (χ1n) is 10.7. The number of aromatic nitrogens is 2. The molecule has 2 radical (unpaired) electrons. The van der Waals surface area contributed by atoms with E-state index < -0.39 is 18.2 Å². The average Bonchev–Trinajstić information content (AvgIpc) is 3.31. The predicted molar refractivity (Wildman–Crippen MR) is 129 cm³/mol. The lowest BCUT2D eigenvalue weighted by Crippen LogP contribution is -2.51. The molecule has 1 aromatic heterocycles. The molecule has 33 heavy (non-hydrogen) atoms. The number of ether oxygens (including phenoxy) is 1. The fraction of sp³-hybridized carbons (Fsp3) is 0.292. The molecular formula is C24H28BN5O3. The number of anilines is 1. The van der Waals surface area contributed by atoms with Crippen molar-refractivity contribution in [2.75, 3.05) is 19.0 Å². The number of carbonyl (C=O) groups is 2. The highest BCUT2D eigenvalue weighted by Crippen LogP contribution is 2.20. The molecule has 1 heterocycles. The van der Waals surface area contributed by atoms with Crippen molar-refractivity contribution in [3.05, 3.63) is 66.6 Å². The Kier molecular flexibility index (Phi) is 8.13. The lowest BCUT2D eigenvalue weighted by atomic mass is 9.95. The number of hydrogen-bond acceptors (Lipinski definition) is 5. The zero-order valence-corrected chi connectivity index (χ0v) is 19.0. The molecule has 3 rings (SSSR count). The van der Waals surface area contributed by atoms with E-state index in [0.29, 0.717) is 17.8 Å². The van der Waals surface area contributed by atoms with Crippen LogP contribution < -0.4 is 21.4 Å². The summed E-state index contributed by atoms with van der Waals surface area (Å²) in [6.45, 7) is 4.08. The molecule has 8 nitrogen and oxygen atoms in total. The first kappa shape index (κ1) is 23.9. The highest BCUT2D eigenvalue weighted by Gasteiger charge is 2.28. The zero-order valence-electron chi connectivity index (χ0n) is 19.0. The second kappa shape index (κ2) is 11.2. The molecule has 170 valence electrons. The highest BCUT2D eigenvalue weighted by molar-refractivity contribution is 6.32. The summed E-state index contributed by atoms with van der Waals surface area (Å²) in [5, 5.41) is 8.92. The number of methoxy groups -OCH3 is 1. The van der Waals surface area contributed by atoms with Gasteiger partial charge in [0.05, 0.1) is 19.0 Å². The van der Waals surface area contributed by atoms with Crippen LogP contribution in [0, 0.1) is 5.92 Å². The van der Waals surface area contributed by atoms with Crippen LogP contribution >= 0.6 is 0 Å². The van der Waals surface area contributed by atoms with Crippen LogP contribution in [0.4, 0.5) is 10.5 Å². The van der Waals surface area contributed by atoms with Gasteiger partial charge >= 0.3 is 6.09 Å². The number of alkyl carbamates (subject to hydrolysis) is 1. The minimum Gasteiger partial charge on any atom is -0.453 e. The van der Waals surface area contributed by atoms with Crippen LogP contribution in [-0.2, 0) is 9.53 Å². The van der Waals surface area contributed by atoms with E-state index in [1.54, 1.807) is 6.20 Å². The minimum atomic E-state index is -0.761. The van der Waals surface area contributed by atoms with Crippen LogP contribution in [0.5, 0.6) is 0 Å². The van der Waals surface area contributed by atoms with E-state index in [-0.39, 0.29) is 11.8 Å². The van der Waals surface area contributed by atoms with Gasteiger partial charge in [0.2, 0.25) is 5.91 Å². The largest absolute Gasteiger partial charge is 0.453 e. The number of H-pyrrole nitrogens is 1. The highest BCUT2D eigenvalue weighted by atomic mass is 16.5. The van der Waals surface area contributed by atoms with Gasteiger partial charge < -0.3 is 25.7 Å². The van der Waals surface area contributed by atoms with Gasteiger partial charge in [-0.25, -0.2) is 9.78 Å². The van der Waals surface area contributed by atoms with E-state index >= 15 is 0 Å². The van der Waals surface area contributed by atoms with Gasteiger partial charge in [-0.05, 0) is 23.6 Å². The second-order valence-electron chi connectivity index (χ2n) is 7.97. The normalized spacial score (nSPS) is 12.6. The summed E-state index contributed by atoms with van der Waals surface area (Å²) in [6, 6.07) is 15.9. The van der Waals surface area contributed by atoms with Crippen molar-refractivity contribution in [2.45, 2.75) is 25.9 Å². The number of nitrogens with one attached hydrogen (secondary N) is 4. The molecule has 3 aromatic rings. The number of amides is 2. The van der Waals surface area contributed by atoms with Crippen LogP contribution in [0.15, 0.2) is 60.8 Å². The molecule has 0 saturated carbocycles. The summed E-state index contributed by atoms with van der Waals surface area (Å²) >= 11 is 0. The van der Waals surface area contributed by atoms with Gasteiger partial charge in [0, 0.05) is 12.2 Å². The number of imidazole rings is 1. The smallest absolute Gasteiger partial charge is 0.407 e. The van der Waals surface area contributed by atoms with E-state index in [2.05, 4.69) is 30.7 Å². The Labute approximate surface area is 194 Å². The summed E-state index contributed by atoms with van der Waals surface area (Å²) in [5.74, 6) is 0.105. The molecule has 0 aliphatic carbocycles. The van der Waals surface area contributed by atoms with Gasteiger partial charge in [0.1, 0.15) is 25.8 Å². The summed E-state index contributed by atoms with van der Waals surface area (Å²) in [6.07, 6.45) is 1.06. The van der Waals surface area contributed by atoms with E-state index in [1.807, 2.05) is 68.4 Å². The number of rotatable bonds is 9. The molecule has 2 aromatic carbocycles. The standard InChI is InChI=1S/C24H28BN5O3/c1-15(2)21(30-24(32)33-3)23(31)29-20(14-26-18-7-5-4-6-8-18)22-27-13-19(28-22)16-9-11-17(25)12-10-16/h4-13,15,20-21,26H,14H2,1-3H3,(H,27,28)(H,29,31)(H,30,32)/t20-,21-/m0/s1. The van der Waals surface area contributed by atoms with Gasteiger partial charge in [-0.15, -0.1) is 0 Å². The molecule has 0 bridgehead atoms. The van der Waals surface area contributed by atoms with Crippen LogP contribution in [0.2, 0.25) is 0 Å². The molecule has 2 amide bonds. The van der Waals surface area contributed by atoms with E-state index in [1.165, 1.54) is 7.11 Å². The van der Waals surface area contributed by atoms with Crippen LogP contribution in [-0.4, -0.2) is 49.5 Å². The molecule has 0 aliphatic rings. The topological polar surface area (TPSA) is 108 Å². The monoisotopic (exact) mass is 445 g/mol. The molecule has 0 aliphatic heterocycles. The molecule has 0 fully saturated rings. The zero-order chi connectivity index (χ0) is 23.8. The third kappa shape index (κ3) is 6.62. The number of hydrogen-bond donors (Lipinski definition) is 4. The van der Waals surface area contributed by atoms with Crippen LogP contribution in [0.3, 0.4) is 0 Å². The van der Waals surface area contributed by atoms with Gasteiger partial charge in [0.25, 0.3) is 0 Å². The van der Waals surface area contributed by atoms with E-state index in [0.717, 1.165) is 16.9 Å². The Morgan fingerprint density at radius 1 is 1.06 bits per heavy atom. The third-order valence-electron chi connectivity index (χ3n) is 5.16. The van der Waals surface area contributed by atoms with E-state index in [9.17, 15) is 9.59 Å². The van der Waals surface area contributed by atoms with Crippen molar-refractivity contribution in [3.63, 3.8) is 0 Å². The summed E-state index contributed by atoms with van der Waals surface area (Å²) < 4.78 is 4.67. The first-order valence-corrected chi connectivity index (χ1v) is 10.7. The molecule has 0 spiro atoms. The third-order valence-corrected chi connectivity index (χ3v) is 5.16. The number of nitrogens with zero attached hydrogens (tertiary/aromatic N) is 1. The van der Waals surface area contributed by atoms with Crippen molar-refractivity contribution in [2.24, 2.45) is 5.92 Å². The van der Waals surface area contributed by atoms with Crippen molar-refractivity contribution in [1.82, 2.24) is 20.6 Å². The van der Waals surface area contributed by atoms with Crippen molar-refractivity contribution < 1.29 is 14.3 Å². The van der Waals surface area contributed by atoms with Crippen molar-refractivity contribution in [3.8, 4) is 11.3 Å². The van der Waals surface area contributed by atoms with Crippen molar-refractivity contribution >= 4 is 31.0 Å². The van der Waals surface area contributed by atoms with Gasteiger partial charge in [-0.1, -0.05) is 61.8 Å². The summed E-state index contributed by atoms with van der Waals surface area (Å²) in [4.78, 5) is 32.6. The maximum absolute atomic E-state index is 13.1. The SMILES string of the molecule is [B]c1ccc(-c2cnc([C@H](CNc3ccccc3)NC(=O)[C@@H](NC(=O)OC)C(C)C)[nH]2)cc1. The Bertz CT molecular complexity index is 1050. The first-order chi connectivity index (χ1) is 15.9. The van der Waals surface area contributed by atoms with Gasteiger partial charge in [0.15, 0.2) is 0 Å². The molecule has 0 unspecified atom stereocenters. The number of para-hydroxylation sites is 1. The average molecular weight is 445 g/mol. The lowest BCUT2D eigenvalue weighted by molar-refractivity contribution is -0.124. The number of aromatic amines is 1. The number of carbonyl (C=O) groups excluding carboxylic acids is 2. The quantitative estimate of drug-likeness (QED) is 0.379. The summed E-state index contributed by atoms with van der Waals surface area (Å²) in [7, 11) is 7.05. The molecule has 9 heteroatoms. The minimum absolute atomic E-state index is 0.145. The second-order valence-corrected chi connectivity index (χ2v) is 7.97. The van der Waals surface area contributed by atoms with Crippen LogP contribution in [0.1, 0.15) is 25.7 Å². The molecule has 0 saturated heterocycles. The summed E-state index contributed by atoms with van der Waals surface area (Å²) in [5.41, 5.74) is 3.32. The predicted octanol–water partition coefficient (Wildman–Crippen LogP) is 2.52. The Balaban J connectivity index is 1.82. The van der Waals surface area contributed by atoms with Crippen molar-refractivity contribution in [1.29, 1.82) is 0 Å². The Hall–Kier alpha value is -3.75. The lowest BCUT2D eigenvalue weighted by Gasteiger charge is -2.25. The molecule has 4 N–H and O–H groups in total. The fourth-order valence-corrected chi connectivity index (χ4v) is 3.30. The fourth-order valence-electron chi connectivity index (χ4n) is 3.30.